The summed E-state index contributed by atoms with van der Waals surface area (Å²) in [7, 11) is 4.02. The fourth-order valence-electron chi connectivity index (χ4n) is 9.28. The predicted molar refractivity (Wildman–Crippen MR) is 143 cm³/mol. The minimum absolute atomic E-state index is 0.0809. The molecule has 37 heavy (non-hydrogen) atoms. The van der Waals surface area contributed by atoms with Crippen LogP contribution in [0.25, 0.3) is 0 Å². The van der Waals surface area contributed by atoms with Crippen molar-refractivity contribution in [2.24, 2.45) is 11.3 Å². The molecule has 7 atom stereocenters. The lowest BCUT2D eigenvalue weighted by Crippen LogP contribution is -2.80. The van der Waals surface area contributed by atoms with E-state index in [0.29, 0.717) is 19.1 Å². The van der Waals surface area contributed by atoms with Crippen molar-refractivity contribution in [3.05, 3.63) is 71.3 Å². The van der Waals surface area contributed by atoms with E-state index in [4.69, 9.17) is 14.2 Å². The number of likely N-dealkylation sites (N-methyl/N-ethyl adjacent to an activating group) is 1. The number of nitrogens with zero attached hydrogens (tertiary/aromatic N) is 1. The van der Waals surface area contributed by atoms with Crippen LogP contribution in [0.15, 0.2) is 54.6 Å². The summed E-state index contributed by atoms with van der Waals surface area (Å²) in [5.41, 5.74) is 2.10. The van der Waals surface area contributed by atoms with Crippen LogP contribution in [0.4, 0.5) is 0 Å². The van der Waals surface area contributed by atoms with E-state index in [1.807, 2.05) is 13.0 Å². The lowest BCUT2D eigenvalue weighted by Gasteiger charge is -2.72. The molecule has 6 aliphatic rings. The number of likely N-dealkylation sites (tertiary alicyclic amines) is 1. The second kappa shape index (κ2) is 7.84. The van der Waals surface area contributed by atoms with Gasteiger partial charge in [0.2, 0.25) is 0 Å². The molecule has 1 saturated heterocycles. The van der Waals surface area contributed by atoms with Crippen molar-refractivity contribution >= 4 is 0 Å². The lowest BCUT2D eigenvalue weighted by molar-refractivity contribution is -0.253. The monoisotopic (exact) mass is 501 g/mol. The van der Waals surface area contributed by atoms with Gasteiger partial charge in [-0.05, 0) is 76.7 Å². The van der Waals surface area contributed by atoms with E-state index in [9.17, 15) is 5.11 Å². The van der Waals surface area contributed by atoms with Crippen molar-refractivity contribution < 1.29 is 19.3 Å². The Labute approximate surface area is 220 Å². The van der Waals surface area contributed by atoms with Gasteiger partial charge < -0.3 is 24.2 Å². The molecular weight excluding hydrogens is 462 g/mol. The Hall–Kier alpha value is -2.34. The van der Waals surface area contributed by atoms with Crippen LogP contribution in [0.3, 0.4) is 0 Å². The highest BCUT2D eigenvalue weighted by molar-refractivity contribution is 5.65. The maximum absolute atomic E-state index is 12.3. The Bertz CT molecular complexity index is 1260. The largest absolute Gasteiger partial charge is 0.493 e. The molecule has 0 aromatic heterocycles. The highest BCUT2D eigenvalue weighted by Crippen LogP contribution is 2.75. The Kier molecular flexibility index (Phi) is 5.04. The first kappa shape index (κ1) is 23.8. The molecule has 196 valence electrons. The Morgan fingerprint density at radius 3 is 2.73 bits per heavy atom. The Balaban J connectivity index is 1.40. The zero-order valence-corrected chi connectivity index (χ0v) is 22.5. The van der Waals surface area contributed by atoms with Gasteiger partial charge >= 0.3 is 0 Å². The summed E-state index contributed by atoms with van der Waals surface area (Å²) < 4.78 is 19.8. The van der Waals surface area contributed by atoms with E-state index in [1.165, 1.54) is 16.7 Å². The number of fused-ring (bicyclic) bond motifs is 1. The molecule has 2 aliphatic heterocycles. The quantitative estimate of drug-likeness (QED) is 0.558. The van der Waals surface area contributed by atoms with Crippen molar-refractivity contribution in [2.75, 3.05) is 27.3 Å². The Morgan fingerprint density at radius 2 is 1.97 bits per heavy atom. The molecule has 1 unspecified atom stereocenters. The molecule has 0 radical (unpaired) electrons. The molecule has 2 fully saturated rings. The zero-order chi connectivity index (χ0) is 25.6. The summed E-state index contributed by atoms with van der Waals surface area (Å²) in [5, 5.41) is 12.3. The maximum atomic E-state index is 12.3. The van der Waals surface area contributed by atoms with Crippen LogP contribution < -0.4 is 9.47 Å². The summed E-state index contributed by atoms with van der Waals surface area (Å²) in [5.74, 6) is 1.64. The minimum atomic E-state index is -0.917. The van der Waals surface area contributed by atoms with E-state index < -0.39 is 11.2 Å². The number of benzene rings is 2. The predicted octanol–water partition coefficient (Wildman–Crippen LogP) is 4.69. The first-order valence-electron chi connectivity index (χ1n) is 14.0. The van der Waals surface area contributed by atoms with Gasteiger partial charge in [0.1, 0.15) is 11.7 Å². The molecule has 5 heteroatoms. The summed E-state index contributed by atoms with van der Waals surface area (Å²) in [6.45, 7) is 5.71. The summed E-state index contributed by atoms with van der Waals surface area (Å²) in [6, 6.07) is 15.2. The van der Waals surface area contributed by atoms with Crippen LogP contribution in [-0.4, -0.2) is 60.7 Å². The van der Waals surface area contributed by atoms with Gasteiger partial charge in [0.05, 0.1) is 18.1 Å². The van der Waals surface area contributed by atoms with Gasteiger partial charge in [-0.2, -0.15) is 0 Å². The third-order valence-corrected chi connectivity index (χ3v) is 10.8. The first-order chi connectivity index (χ1) is 17.8. The molecule has 2 aromatic rings. The van der Waals surface area contributed by atoms with Crippen LogP contribution in [-0.2, 0) is 23.0 Å². The highest BCUT2D eigenvalue weighted by atomic mass is 16.6. The van der Waals surface area contributed by atoms with Crippen molar-refractivity contribution in [3.8, 4) is 11.5 Å². The lowest BCUT2D eigenvalue weighted by atomic mass is 9.36. The Morgan fingerprint density at radius 1 is 1.16 bits per heavy atom. The van der Waals surface area contributed by atoms with Gasteiger partial charge in [0.25, 0.3) is 0 Å². The fourth-order valence-corrected chi connectivity index (χ4v) is 9.28. The molecular formula is C32H39NO4. The van der Waals surface area contributed by atoms with E-state index in [1.54, 1.807) is 7.11 Å². The van der Waals surface area contributed by atoms with Crippen molar-refractivity contribution in [1.82, 2.24) is 4.90 Å². The van der Waals surface area contributed by atoms with E-state index in [-0.39, 0.29) is 22.9 Å². The summed E-state index contributed by atoms with van der Waals surface area (Å²) >= 11 is 0. The maximum Gasteiger partial charge on any atom is 0.166 e. The van der Waals surface area contributed by atoms with Gasteiger partial charge in [0.15, 0.2) is 11.5 Å². The highest BCUT2D eigenvalue weighted by Gasteiger charge is 2.80. The van der Waals surface area contributed by atoms with Gasteiger partial charge in [-0.3, -0.25) is 0 Å². The minimum Gasteiger partial charge on any atom is -0.493 e. The molecule has 1 saturated carbocycles. The number of rotatable bonds is 7. The number of hydrogen-bond donors (Lipinski definition) is 1. The molecule has 1 N–H and O–H groups in total. The molecule has 4 aliphatic carbocycles. The smallest absolute Gasteiger partial charge is 0.166 e. The number of aryl methyl sites for hydroxylation is 1. The van der Waals surface area contributed by atoms with Gasteiger partial charge in [-0.1, -0.05) is 48.6 Å². The van der Waals surface area contributed by atoms with Crippen molar-refractivity contribution in [1.29, 1.82) is 0 Å². The number of hydrogen-bond acceptors (Lipinski definition) is 5. The molecule has 8 rings (SSSR count). The number of methoxy groups -OCH3 is 1. The van der Waals surface area contributed by atoms with Gasteiger partial charge in [0, 0.05) is 29.5 Å². The molecule has 0 amide bonds. The summed E-state index contributed by atoms with van der Waals surface area (Å²) in [4.78, 5) is 2.56. The molecule has 5 nitrogen and oxygen atoms in total. The average molecular weight is 502 g/mol. The topological polar surface area (TPSA) is 51.2 Å². The second-order valence-corrected chi connectivity index (χ2v) is 12.3. The van der Waals surface area contributed by atoms with Crippen LogP contribution >= 0.6 is 0 Å². The van der Waals surface area contributed by atoms with Crippen LogP contribution in [0.5, 0.6) is 11.5 Å². The number of ether oxygens (including phenoxy) is 3. The van der Waals surface area contributed by atoms with Crippen LogP contribution in [0.2, 0.25) is 0 Å². The molecule has 2 spiro atoms. The molecule has 4 bridgehead atoms. The number of aliphatic hydroxyl groups is 1. The second-order valence-electron chi connectivity index (χ2n) is 12.3. The number of piperidine rings is 1. The van der Waals surface area contributed by atoms with Gasteiger partial charge in [-0.15, -0.1) is 0 Å². The average Bonchev–Trinajstić information content (AvgIpc) is 3.28. The zero-order valence-electron chi connectivity index (χ0n) is 22.5. The molecule has 2 aromatic carbocycles. The summed E-state index contributed by atoms with van der Waals surface area (Å²) in [6.07, 6.45) is 9.04. The van der Waals surface area contributed by atoms with Crippen molar-refractivity contribution in [3.63, 3.8) is 0 Å². The van der Waals surface area contributed by atoms with E-state index in [0.717, 1.165) is 43.7 Å². The van der Waals surface area contributed by atoms with Crippen molar-refractivity contribution in [2.45, 2.75) is 74.7 Å². The third kappa shape index (κ3) is 2.81. The van der Waals surface area contributed by atoms with E-state index in [2.05, 4.69) is 67.4 Å². The SMILES string of the molecule is CCO[C@]12C=CC3(C[C@@H]1[C@@](C)(O)CCc1ccccc1)[C@H]1Cc4ccc(OC)c5c4[C@]3(CCN1C)[C@@H]2O5. The van der Waals surface area contributed by atoms with E-state index >= 15 is 0 Å². The standard InChI is InChI=1S/C32H39NO4/c1-5-36-32-16-15-30(20-24(32)29(2,34)14-13-21-9-7-6-8-10-21)25-19-22-11-12-23(35-4)27-26(22)31(30,28(32)37-27)17-18-33(25)3/h6-12,15-16,24-25,28,34H,5,13-14,17-20H2,1-4H3/t24-,25-,28+,29+,30?,31-,32-/m1/s1. The van der Waals surface area contributed by atoms with Gasteiger partial charge in [-0.25, -0.2) is 0 Å². The molecule has 2 heterocycles. The van der Waals surface area contributed by atoms with Crippen LogP contribution in [0.1, 0.15) is 49.8 Å². The van der Waals surface area contributed by atoms with Crippen LogP contribution in [0, 0.1) is 11.3 Å². The third-order valence-electron chi connectivity index (χ3n) is 10.8. The fraction of sp³-hybridized carbons (Fsp3) is 0.562. The first-order valence-corrected chi connectivity index (χ1v) is 14.0. The normalized spacial score (nSPS) is 38.1.